The summed E-state index contributed by atoms with van der Waals surface area (Å²) >= 11 is 0. The molecule has 0 aliphatic heterocycles. The van der Waals surface area contributed by atoms with Crippen molar-refractivity contribution in [2.45, 2.75) is 119 Å². The van der Waals surface area contributed by atoms with Crippen LogP contribution in [0.2, 0.25) is 0 Å². The summed E-state index contributed by atoms with van der Waals surface area (Å²) in [6, 6.07) is 0. The number of halogens is 42. The Morgan fingerprint density at radius 1 is 0.0968 bits per heavy atom. The van der Waals surface area contributed by atoms with Crippen LogP contribution < -0.4 is 0 Å². The first-order chi connectivity index (χ1) is 25.8. The molecule has 0 saturated carbocycles. The van der Waals surface area contributed by atoms with Gasteiger partial charge in [0.1, 0.15) is 0 Å². The highest BCUT2D eigenvalue weighted by Gasteiger charge is 3.03. The Labute approximate surface area is 305 Å². The Hall–Kier alpha value is -2.94. The van der Waals surface area contributed by atoms with Crippen LogP contribution in [0.25, 0.3) is 0 Å². The van der Waals surface area contributed by atoms with E-state index in [2.05, 4.69) is 0 Å². The third kappa shape index (κ3) is 6.35. The molecule has 0 nitrogen and oxygen atoms in total. The van der Waals surface area contributed by atoms with E-state index in [1.54, 1.807) is 0 Å². The molecule has 0 bridgehead atoms. The highest BCUT2D eigenvalue weighted by Crippen LogP contribution is 2.71. The molecule has 62 heavy (non-hydrogen) atoms. The van der Waals surface area contributed by atoms with Gasteiger partial charge in [-0.25, -0.2) is 4.39 Å². The third-order valence-electron chi connectivity index (χ3n) is 7.49. The monoisotopic (exact) mass is 1040 g/mol. The molecule has 0 N–H and O–H groups in total. The minimum Gasteiger partial charge on any atom is -0.216 e. The van der Waals surface area contributed by atoms with Gasteiger partial charge >= 0.3 is 119 Å². The van der Waals surface area contributed by atoms with E-state index in [4.69, 9.17) is 0 Å². The smallest absolute Gasteiger partial charge is 0.216 e. The Kier molecular flexibility index (Phi) is 13.1. The van der Waals surface area contributed by atoms with Crippen molar-refractivity contribution in [2.24, 2.45) is 0 Å². The van der Waals surface area contributed by atoms with E-state index in [9.17, 15) is 184 Å². The quantitative estimate of drug-likeness (QED) is 0.135. The first kappa shape index (κ1) is 59.1. The lowest BCUT2D eigenvalue weighted by Crippen LogP contribution is -2.81. The van der Waals surface area contributed by atoms with Crippen molar-refractivity contribution in [1.29, 1.82) is 0 Å². The highest BCUT2D eigenvalue weighted by atomic mass is 19.5. The lowest BCUT2D eigenvalue weighted by Gasteiger charge is -2.47. The van der Waals surface area contributed by atoms with Crippen molar-refractivity contribution in [3.05, 3.63) is 0 Å². The molecule has 0 saturated heterocycles. The first-order valence-corrected chi connectivity index (χ1v) is 12.7. The SMILES string of the molecule is FC(F)(F)C(F)(F)C(F)(F)C(F)(F)C(F)(F)C(F)(F)C(F)(F)C(F)(F)C(F)(F)C(F)(F)C(F)(F)C(F)(F)C(F)(F)C(F)(F)C(F)(F)C(F)(F)C(F)(F)C(F)(C(F)(F)F)C(F)(F)F. The minimum absolute atomic E-state index is 8.53. The number of alkyl halides is 42. The van der Waals surface area contributed by atoms with Crippen molar-refractivity contribution in [2.75, 3.05) is 0 Å². The Bertz CT molecular complexity index is 1610. The maximum absolute atomic E-state index is 13.9. The van der Waals surface area contributed by atoms with Gasteiger partial charge in [-0.15, -0.1) is 0 Å². The number of hydrogen-bond donors (Lipinski definition) is 0. The molecule has 42 heteroatoms. The van der Waals surface area contributed by atoms with E-state index in [0.717, 1.165) is 0 Å². The van der Waals surface area contributed by atoms with Crippen LogP contribution in [0.3, 0.4) is 0 Å². The van der Waals surface area contributed by atoms with Gasteiger partial charge in [0.25, 0.3) is 0 Å². The average Bonchev–Trinajstić information content (AvgIpc) is 3.00. The van der Waals surface area contributed by atoms with Crippen LogP contribution in [0.5, 0.6) is 0 Å². The minimum atomic E-state index is -10.7. The fraction of sp³-hybridized carbons (Fsp3) is 1.00. The Morgan fingerprint density at radius 2 is 0.194 bits per heavy atom. The highest BCUT2D eigenvalue weighted by molar-refractivity contribution is 5.24. The fourth-order valence-corrected chi connectivity index (χ4v) is 3.67. The molecule has 0 fully saturated rings. The molecule has 0 aromatic rings. The summed E-state index contributed by atoms with van der Waals surface area (Å²) in [7, 11) is 0. The van der Waals surface area contributed by atoms with E-state index in [1.807, 2.05) is 0 Å². The van der Waals surface area contributed by atoms with E-state index < -0.39 is 119 Å². The van der Waals surface area contributed by atoms with E-state index in [-0.39, 0.29) is 0 Å². The van der Waals surface area contributed by atoms with Crippen molar-refractivity contribution >= 4 is 0 Å². The zero-order valence-electron chi connectivity index (χ0n) is 25.9. The second kappa shape index (κ2) is 13.8. The van der Waals surface area contributed by atoms with Crippen molar-refractivity contribution < 1.29 is 184 Å². The average molecular weight is 1040 g/mol. The van der Waals surface area contributed by atoms with Gasteiger partial charge in [-0.1, -0.05) is 0 Å². The lowest BCUT2D eigenvalue weighted by molar-refractivity contribution is -0.497. The van der Waals surface area contributed by atoms with Crippen LogP contribution in [0, 0.1) is 0 Å². The third-order valence-corrected chi connectivity index (χ3v) is 7.49. The summed E-state index contributed by atoms with van der Waals surface area (Å²) in [6.07, 6.45) is -26.6. The number of hydrogen-bond acceptors (Lipinski definition) is 0. The molecular formula is C20F42. The molecule has 0 unspecified atom stereocenters. The van der Waals surface area contributed by atoms with Gasteiger partial charge in [0.05, 0.1) is 0 Å². The Balaban J connectivity index is 8.05. The first-order valence-electron chi connectivity index (χ1n) is 12.7. The summed E-state index contributed by atoms with van der Waals surface area (Å²) in [6.45, 7) is 0. The molecule has 0 aliphatic carbocycles. The van der Waals surface area contributed by atoms with Crippen LogP contribution in [-0.4, -0.2) is 119 Å². The van der Waals surface area contributed by atoms with Crippen LogP contribution in [0.4, 0.5) is 184 Å². The van der Waals surface area contributed by atoms with Gasteiger partial charge in [-0.3, -0.25) is 0 Å². The van der Waals surface area contributed by atoms with Crippen LogP contribution >= 0.6 is 0 Å². The summed E-state index contributed by atoms with van der Waals surface area (Å²) in [5, 5.41) is 0. The van der Waals surface area contributed by atoms with Crippen LogP contribution in [0.1, 0.15) is 0 Å². The molecule has 0 radical (unpaired) electrons. The van der Waals surface area contributed by atoms with Gasteiger partial charge in [0.15, 0.2) is 0 Å². The second-order valence-corrected chi connectivity index (χ2v) is 11.3. The molecular weight excluding hydrogens is 1040 g/mol. The molecule has 0 amide bonds. The molecule has 0 rings (SSSR count). The van der Waals surface area contributed by atoms with Crippen LogP contribution in [0.15, 0.2) is 0 Å². The molecule has 0 aromatic carbocycles. The van der Waals surface area contributed by atoms with Gasteiger partial charge < -0.3 is 0 Å². The second-order valence-electron chi connectivity index (χ2n) is 11.3. The molecule has 0 spiro atoms. The van der Waals surface area contributed by atoms with Gasteiger partial charge in [-0.2, -0.15) is 180 Å². The summed E-state index contributed by atoms with van der Waals surface area (Å²) in [5.41, 5.74) is -9.60. The molecule has 0 heterocycles. The van der Waals surface area contributed by atoms with Gasteiger partial charge in [-0.05, 0) is 0 Å². The van der Waals surface area contributed by atoms with E-state index in [1.165, 1.54) is 0 Å². The molecule has 374 valence electrons. The largest absolute Gasteiger partial charge is 0.460 e. The lowest BCUT2D eigenvalue weighted by atomic mass is 9.81. The topological polar surface area (TPSA) is 0 Å². The van der Waals surface area contributed by atoms with Crippen LogP contribution in [-0.2, 0) is 0 Å². The summed E-state index contributed by atoms with van der Waals surface area (Å²) < 4.78 is 562. The Morgan fingerprint density at radius 3 is 0.290 bits per heavy atom. The molecule has 0 aromatic heterocycles. The summed E-state index contributed by atoms with van der Waals surface area (Å²) in [4.78, 5) is 0. The zero-order valence-corrected chi connectivity index (χ0v) is 25.9. The van der Waals surface area contributed by atoms with E-state index in [0.29, 0.717) is 0 Å². The zero-order chi connectivity index (χ0) is 52.0. The van der Waals surface area contributed by atoms with Crippen molar-refractivity contribution in [3.63, 3.8) is 0 Å². The van der Waals surface area contributed by atoms with E-state index >= 15 is 0 Å². The van der Waals surface area contributed by atoms with Crippen molar-refractivity contribution in [1.82, 2.24) is 0 Å². The predicted molar refractivity (Wildman–Crippen MR) is 101 cm³/mol. The maximum atomic E-state index is 13.9. The summed E-state index contributed by atoms with van der Waals surface area (Å²) in [5.74, 6) is -164. The molecule has 0 aliphatic rings. The van der Waals surface area contributed by atoms with Gasteiger partial charge in [0, 0.05) is 0 Å². The fourth-order valence-electron chi connectivity index (χ4n) is 3.67. The van der Waals surface area contributed by atoms with Crippen molar-refractivity contribution in [3.8, 4) is 0 Å². The number of rotatable bonds is 16. The predicted octanol–water partition coefficient (Wildman–Crippen LogP) is 13.5. The molecule has 0 atom stereocenters. The maximum Gasteiger partial charge on any atom is 0.460 e. The normalized spacial score (nSPS) is 17.5. The van der Waals surface area contributed by atoms with Gasteiger partial charge in [0.2, 0.25) is 0 Å². The standard InChI is InChI=1S/C20F42/c21-1(18(54,55)56,19(57,58)59)2(22,23)3(24,25)4(26,27)5(28,29)6(30,31)7(32,33)8(34,35)9(36,37)10(38,39)11(40,41)12(42,43)13(44,45)14(46,47)15(48,49)16(50,51)17(52,53)20(60,61)62.